The molecule has 9 heteroatoms. The number of ether oxygens (including phenoxy) is 1. The maximum atomic E-state index is 12.6. The standard InChI is InChI=1S/C18H17N3O4S2/c22-17(21-8-10-25-11-9-21)13-6-7-15-16(12-13)26-18(19-15)20-27(23,24)14-4-2-1-3-5-14/h1-7,12H,8-11H2,(H,19,20). The molecule has 1 saturated heterocycles. The van der Waals surface area contributed by atoms with Crippen LogP contribution in [0.4, 0.5) is 5.13 Å². The van der Waals surface area contributed by atoms with Crippen LogP contribution in [0.5, 0.6) is 0 Å². The van der Waals surface area contributed by atoms with Gasteiger partial charge >= 0.3 is 0 Å². The Balaban J connectivity index is 1.58. The van der Waals surface area contributed by atoms with E-state index in [4.69, 9.17) is 4.74 Å². The van der Waals surface area contributed by atoms with Crippen LogP contribution in [0.15, 0.2) is 53.4 Å². The molecule has 0 radical (unpaired) electrons. The van der Waals surface area contributed by atoms with Crippen molar-refractivity contribution in [2.75, 3.05) is 31.0 Å². The van der Waals surface area contributed by atoms with E-state index in [2.05, 4.69) is 9.71 Å². The number of hydrogen-bond acceptors (Lipinski definition) is 6. The number of hydrogen-bond donors (Lipinski definition) is 1. The molecular formula is C18H17N3O4S2. The van der Waals surface area contributed by atoms with Gasteiger partial charge in [0.2, 0.25) is 0 Å². The first-order valence-corrected chi connectivity index (χ1v) is 10.7. The van der Waals surface area contributed by atoms with Crippen molar-refractivity contribution in [3.63, 3.8) is 0 Å². The first-order chi connectivity index (χ1) is 13.0. The van der Waals surface area contributed by atoms with Gasteiger partial charge in [0.25, 0.3) is 15.9 Å². The number of aromatic nitrogens is 1. The summed E-state index contributed by atoms with van der Waals surface area (Å²) in [6.45, 7) is 2.23. The minimum Gasteiger partial charge on any atom is -0.378 e. The summed E-state index contributed by atoms with van der Waals surface area (Å²) in [5.41, 5.74) is 1.20. The number of carbonyl (C=O) groups is 1. The second-order valence-electron chi connectivity index (χ2n) is 6.02. The third kappa shape index (κ3) is 3.80. The molecule has 4 rings (SSSR count). The average Bonchev–Trinajstić information content (AvgIpc) is 3.09. The predicted molar refractivity (Wildman–Crippen MR) is 104 cm³/mol. The molecule has 3 aromatic rings. The number of sulfonamides is 1. The van der Waals surface area contributed by atoms with E-state index in [9.17, 15) is 13.2 Å². The van der Waals surface area contributed by atoms with Crippen molar-refractivity contribution in [1.29, 1.82) is 0 Å². The fourth-order valence-corrected chi connectivity index (χ4v) is 4.98. The Morgan fingerprint density at radius 1 is 1.11 bits per heavy atom. The lowest BCUT2D eigenvalue weighted by molar-refractivity contribution is 0.0303. The van der Waals surface area contributed by atoms with Gasteiger partial charge in [0.05, 0.1) is 28.3 Å². The number of benzene rings is 2. The van der Waals surface area contributed by atoms with Gasteiger partial charge in [-0.2, -0.15) is 0 Å². The number of carbonyl (C=O) groups excluding carboxylic acids is 1. The molecule has 1 aliphatic heterocycles. The lowest BCUT2D eigenvalue weighted by Crippen LogP contribution is -2.40. The molecule has 1 amide bonds. The Labute approximate surface area is 160 Å². The third-order valence-corrected chi connectivity index (χ3v) is 6.63. The number of thiazole rings is 1. The summed E-state index contributed by atoms with van der Waals surface area (Å²) in [4.78, 5) is 18.9. The molecule has 0 saturated carbocycles. The maximum Gasteiger partial charge on any atom is 0.263 e. The fourth-order valence-electron chi connectivity index (χ4n) is 2.82. The molecule has 1 aromatic heterocycles. The summed E-state index contributed by atoms with van der Waals surface area (Å²) < 4.78 is 33.4. The smallest absolute Gasteiger partial charge is 0.263 e. The van der Waals surface area contributed by atoms with E-state index in [-0.39, 0.29) is 15.9 Å². The molecule has 0 spiro atoms. The van der Waals surface area contributed by atoms with Crippen LogP contribution in [0.3, 0.4) is 0 Å². The SMILES string of the molecule is O=C(c1ccc2nc(NS(=O)(=O)c3ccccc3)sc2c1)N1CCOCC1. The van der Waals surface area contributed by atoms with Crippen molar-refractivity contribution < 1.29 is 17.9 Å². The quantitative estimate of drug-likeness (QED) is 0.723. The van der Waals surface area contributed by atoms with Crippen LogP contribution < -0.4 is 4.72 Å². The molecule has 7 nitrogen and oxygen atoms in total. The van der Waals surface area contributed by atoms with Crippen LogP contribution in [0, 0.1) is 0 Å². The highest BCUT2D eigenvalue weighted by Gasteiger charge is 2.20. The number of nitrogens with zero attached hydrogens (tertiary/aromatic N) is 2. The molecule has 0 unspecified atom stereocenters. The summed E-state index contributed by atoms with van der Waals surface area (Å²) in [6.07, 6.45) is 0. The molecule has 1 N–H and O–H groups in total. The van der Waals surface area contributed by atoms with Crippen LogP contribution in [0.1, 0.15) is 10.4 Å². The summed E-state index contributed by atoms with van der Waals surface area (Å²) in [7, 11) is -3.70. The van der Waals surface area contributed by atoms with Crippen LogP contribution in [-0.2, 0) is 14.8 Å². The number of amides is 1. The van der Waals surface area contributed by atoms with E-state index in [1.54, 1.807) is 41.3 Å². The molecule has 0 aliphatic carbocycles. The Hall–Kier alpha value is -2.49. The largest absolute Gasteiger partial charge is 0.378 e. The molecule has 140 valence electrons. The first-order valence-electron chi connectivity index (χ1n) is 8.38. The van der Waals surface area contributed by atoms with Gasteiger partial charge in [0.1, 0.15) is 0 Å². The highest BCUT2D eigenvalue weighted by Crippen LogP contribution is 2.29. The second kappa shape index (κ2) is 7.26. The van der Waals surface area contributed by atoms with E-state index < -0.39 is 10.0 Å². The molecule has 0 atom stereocenters. The summed E-state index contributed by atoms with van der Waals surface area (Å²) in [6, 6.07) is 13.3. The number of rotatable bonds is 4. The third-order valence-electron chi connectivity index (χ3n) is 4.21. The highest BCUT2D eigenvalue weighted by atomic mass is 32.2. The van der Waals surface area contributed by atoms with E-state index in [0.717, 1.165) is 4.70 Å². The van der Waals surface area contributed by atoms with Crippen molar-refractivity contribution >= 4 is 42.6 Å². The minimum atomic E-state index is -3.70. The minimum absolute atomic E-state index is 0.0555. The topological polar surface area (TPSA) is 88.6 Å². The average molecular weight is 403 g/mol. The fraction of sp³-hybridized carbons (Fsp3) is 0.222. The normalized spacial score (nSPS) is 15.0. The number of anilines is 1. The zero-order valence-electron chi connectivity index (χ0n) is 14.3. The number of nitrogens with one attached hydrogen (secondary N) is 1. The van der Waals surface area contributed by atoms with Crippen LogP contribution in [0.2, 0.25) is 0 Å². The molecule has 27 heavy (non-hydrogen) atoms. The maximum absolute atomic E-state index is 12.6. The van der Waals surface area contributed by atoms with Crippen molar-refractivity contribution in [3.8, 4) is 0 Å². The summed E-state index contributed by atoms with van der Waals surface area (Å²) >= 11 is 1.20. The van der Waals surface area contributed by atoms with Gasteiger partial charge < -0.3 is 9.64 Å². The van der Waals surface area contributed by atoms with Crippen molar-refractivity contribution in [3.05, 3.63) is 54.1 Å². The van der Waals surface area contributed by atoms with Crippen LogP contribution in [-0.4, -0.2) is 50.5 Å². The molecule has 2 heterocycles. The Bertz CT molecular complexity index is 1070. The zero-order chi connectivity index (χ0) is 18.9. The van der Waals surface area contributed by atoms with Gasteiger partial charge in [-0.1, -0.05) is 29.5 Å². The van der Waals surface area contributed by atoms with Gasteiger partial charge in [-0.3, -0.25) is 9.52 Å². The van der Waals surface area contributed by atoms with Gasteiger partial charge in [-0.05, 0) is 30.3 Å². The van der Waals surface area contributed by atoms with Crippen molar-refractivity contribution in [2.24, 2.45) is 0 Å². The Morgan fingerprint density at radius 2 is 1.85 bits per heavy atom. The molecule has 1 fully saturated rings. The van der Waals surface area contributed by atoms with E-state index in [1.165, 1.54) is 23.5 Å². The molecule has 0 bridgehead atoms. The molecular weight excluding hydrogens is 386 g/mol. The van der Waals surface area contributed by atoms with Gasteiger partial charge in [-0.25, -0.2) is 13.4 Å². The zero-order valence-corrected chi connectivity index (χ0v) is 15.9. The summed E-state index contributed by atoms with van der Waals surface area (Å²) in [5.74, 6) is -0.0555. The highest BCUT2D eigenvalue weighted by molar-refractivity contribution is 7.93. The lowest BCUT2D eigenvalue weighted by Gasteiger charge is -2.26. The molecule has 1 aliphatic rings. The van der Waals surface area contributed by atoms with Gasteiger partial charge in [0, 0.05) is 18.7 Å². The Morgan fingerprint density at radius 3 is 2.59 bits per heavy atom. The predicted octanol–water partition coefficient (Wildman–Crippen LogP) is 2.57. The first kappa shape index (κ1) is 17.9. The van der Waals surface area contributed by atoms with Crippen molar-refractivity contribution in [1.82, 2.24) is 9.88 Å². The Kier molecular flexibility index (Phi) is 4.81. The van der Waals surface area contributed by atoms with E-state index in [0.29, 0.717) is 37.4 Å². The number of fused-ring (bicyclic) bond motifs is 1. The van der Waals surface area contributed by atoms with E-state index in [1.807, 2.05) is 0 Å². The second-order valence-corrected chi connectivity index (χ2v) is 8.74. The number of morpholine rings is 1. The van der Waals surface area contributed by atoms with Gasteiger partial charge in [0.15, 0.2) is 5.13 Å². The van der Waals surface area contributed by atoms with E-state index >= 15 is 0 Å². The monoisotopic (exact) mass is 403 g/mol. The lowest BCUT2D eigenvalue weighted by atomic mass is 10.2. The van der Waals surface area contributed by atoms with Crippen LogP contribution in [0.25, 0.3) is 10.2 Å². The molecule has 2 aromatic carbocycles. The summed E-state index contributed by atoms with van der Waals surface area (Å²) in [5, 5.41) is 0.268. The van der Waals surface area contributed by atoms with Crippen molar-refractivity contribution in [2.45, 2.75) is 4.90 Å². The van der Waals surface area contributed by atoms with Crippen LogP contribution >= 0.6 is 11.3 Å². The van der Waals surface area contributed by atoms with Gasteiger partial charge in [-0.15, -0.1) is 0 Å².